The first-order valence-corrected chi connectivity index (χ1v) is 10.7. The lowest BCUT2D eigenvalue weighted by atomic mass is 9.93. The molecule has 0 saturated heterocycles. The van der Waals surface area contributed by atoms with Crippen molar-refractivity contribution in [3.8, 4) is 0 Å². The van der Waals surface area contributed by atoms with Crippen molar-refractivity contribution in [2.24, 2.45) is 5.92 Å². The van der Waals surface area contributed by atoms with Crippen LogP contribution in [0.25, 0.3) is 0 Å². The average Bonchev–Trinajstić information content (AvgIpc) is 3.16. The van der Waals surface area contributed by atoms with E-state index in [0.717, 1.165) is 17.2 Å². The van der Waals surface area contributed by atoms with Crippen LogP contribution in [-0.2, 0) is 11.0 Å². The molecule has 11 heteroatoms. The number of aromatic nitrogens is 2. The van der Waals surface area contributed by atoms with Gasteiger partial charge in [0.15, 0.2) is 5.69 Å². The van der Waals surface area contributed by atoms with E-state index in [-0.39, 0.29) is 41.4 Å². The maximum absolute atomic E-state index is 13.4. The molecule has 1 amide bonds. The van der Waals surface area contributed by atoms with Gasteiger partial charge in [0.2, 0.25) is 0 Å². The Morgan fingerprint density at radius 3 is 2.52 bits per heavy atom. The molecule has 2 unspecified atom stereocenters. The van der Waals surface area contributed by atoms with E-state index in [4.69, 9.17) is 23.2 Å². The summed E-state index contributed by atoms with van der Waals surface area (Å²) in [5.74, 6) is -0.454. The van der Waals surface area contributed by atoms with Crippen LogP contribution in [0.1, 0.15) is 51.9 Å². The second-order valence-corrected chi connectivity index (χ2v) is 8.56. The van der Waals surface area contributed by atoms with Crippen LogP contribution >= 0.6 is 23.2 Å². The summed E-state index contributed by atoms with van der Waals surface area (Å²) in [5.41, 5.74) is -0.130. The summed E-state index contributed by atoms with van der Waals surface area (Å²) < 4.78 is 41.2. The van der Waals surface area contributed by atoms with Crippen LogP contribution in [-0.4, -0.2) is 33.4 Å². The number of allylic oxidation sites excluding steroid dienone is 1. The number of benzene rings is 1. The number of carbonyl (C=O) groups excluding carboxylic acids is 1. The number of hydrogen-bond donors (Lipinski definition) is 3. The van der Waals surface area contributed by atoms with Gasteiger partial charge in [-0.1, -0.05) is 57.0 Å². The zero-order valence-corrected chi connectivity index (χ0v) is 19.1. The molecule has 1 aliphatic rings. The molecule has 0 aliphatic carbocycles. The molecule has 2 heterocycles. The molecule has 0 radical (unpaired) electrons. The van der Waals surface area contributed by atoms with Gasteiger partial charge in [0, 0.05) is 11.8 Å². The quantitative estimate of drug-likeness (QED) is 0.472. The van der Waals surface area contributed by atoms with Gasteiger partial charge in [0.25, 0.3) is 5.91 Å². The van der Waals surface area contributed by atoms with Crippen molar-refractivity contribution in [3.05, 3.63) is 56.8 Å². The minimum atomic E-state index is -4.66. The van der Waals surface area contributed by atoms with Crippen molar-refractivity contribution < 1.29 is 23.1 Å². The third-order valence-corrected chi connectivity index (χ3v) is 6.35. The number of aliphatic hydroxyl groups is 1. The van der Waals surface area contributed by atoms with Crippen LogP contribution in [0.3, 0.4) is 0 Å². The molecule has 3 rings (SSSR count). The van der Waals surface area contributed by atoms with Gasteiger partial charge in [0.1, 0.15) is 11.9 Å². The largest absolute Gasteiger partial charge is 0.435 e. The zero-order valence-electron chi connectivity index (χ0n) is 17.6. The normalized spacial score (nSPS) is 17.5. The van der Waals surface area contributed by atoms with E-state index in [1.165, 1.54) is 12.1 Å². The van der Waals surface area contributed by atoms with E-state index in [0.29, 0.717) is 11.3 Å². The Kier molecular flexibility index (Phi) is 8.48. The fraction of sp³-hybridized carbons (Fsp3) is 0.455. The molecule has 3 N–H and O–H groups in total. The fourth-order valence-electron chi connectivity index (χ4n) is 3.59. The van der Waals surface area contributed by atoms with E-state index in [9.17, 15) is 23.1 Å². The predicted octanol–water partition coefficient (Wildman–Crippen LogP) is 5.66. The number of rotatable bonds is 6. The second-order valence-electron chi connectivity index (χ2n) is 7.74. The van der Waals surface area contributed by atoms with Gasteiger partial charge in [-0.2, -0.15) is 18.3 Å². The van der Waals surface area contributed by atoms with E-state index in [1.807, 2.05) is 13.8 Å². The summed E-state index contributed by atoms with van der Waals surface area (Å²) in [4.78, 5) is 13.3. The summed E-state index contributed by atoms with van der Waals surface area (Å²) in [6.07, 6.45) is -3.95. The monoisotopic (exact) mass is 506 g/mol. The average molecular weight is 507 g/mol. The molecule has 1 aromatic heterocycles. The second kappa shape index (κ2) is 10.4. The molecule has 6 nitrogen and oxygen atoms in total. The number of fused-ring (bicyclic) bond motifs is 1. The van der Waals surface area contributed by atoms with Crippen molar-refractivity contribution in [2.75, 3.05) is 11.9 Å². The summed E-state index contributed by atoms with van der Waals surface area (Å²) >= 11 is 12.2. The molecule has 33 heavy (non-hydrogen) atoms. The van der Waals surface area contributed by atoms with E-state index < -0.39 is 29.9 Å². The molecule has 0 fully saturated rings. The van der Waals surface area contributed by atoms with Gasteiger partial charge in [-0.05, 0) is 30.5 Å². The molecule has 2 aromatic rings. The van der Waals surface area contributed by atoms with Gasteiger partial charge in [-0.25, -0.2) is 4.68 Å². The third-order valence-electron chi connectivity index (χ3n) is 5.61. The van der Waals surface area contributed by atoms with Crippen LogP contribution in [0.15, 0.2) is 35.5 Å². The molecule has 0 bridgehead atoms. The number of anilines is 1. The van der Waals surface area contributed by atoms with E-state index in [2.05, 4.69) is 15.7 Å². The number of nitrogens with zero attached hydrogens (tertiary/aromatic N) is 2. The molecule has 1 aromatic carbocycles. The zero-order chi connectivity index (χ0) is 23.8. The third kappa shape index (κ3) is 5.47. The first-order valence-electron chi connectivity index (χ1n) is 9.99. The van der Waals surface area contributed by atoms with Crippen molar-refractivity contribution >= 4 is 34.9 Å². The van der Waals surface area contributed by atoms with Gasteiger partial charge >= 0.3 is 6.18 Å². The number of hydrogen-bond acceptors (Lipinski definition) is 4. The van der Waals surface area contributed by atoms with E-state index in [1.54, 1.807) is 13.0 Å². The van der Waals surface area contributed by atoms with Crippen LogP contribution in [0.4, 0.5) is 19.0 Å². The van der Waals surface area contributed by atoms with Gasteiger partial charge in [0.05, 0.1) is 28.3 Å². The Balaban J connectivity index is 0.00000385. The Morgan fingerprint density at radius 2 is 1.97 bits per heavy atom. The maximum atomic E-state index is 13.4. The van der Waals surface area contributed by atoms with Crippen molar-refractivity contribution in [2.45, 2.75) is 52.9 Å². The highest BCUT2D eigenvalue weighted by molar-refractivity contribution is 6.42. The molecular weight excluding hydrogens is 480 g/mol. The molecule has 0 saturated carbocycles. The highest BCUT2D eigenvalue weighted by atomic mass is 35.5. The minimum Gasteiger partial charge on any atom is -0.394 e. The van der Waals surface area contributed by atoms with Crippen LogP contribution in [0.5, 0.6) is 0 Å². The first kappa shape index (κ1) is 27.0. The lowest BCUT2D eigenvalue weighted by molar-refractivity contribution is -0.141. The van der Waals surface area contributed by atoms with Crippen LogP contribution in [0, 0.1) is 5.92 Å². The van der Waals surface area contributed by atoms with Gasteiger partial charge in [-0.15, -0.1) is 0 Å². The maximum Gasteiger partial charge on any atom is 0.435 e. The number of halogens is 5. The predicted molar refractivity (Wildman–Crippen MR) is 123 cm³/mol. The first-order chi connectivity index (χ1) is 15.0. The number of carbonyl (C=O) groups is 1. The lowest BCUT2D eigenvalue weighted by Crippen LogP contribution is -2.45. The summed E-state index contributed by atoms with van der Waals surface area (Å²) in [5, 5.41) is 19.6. The smallest absolute Gasteiger partial charge is 0.394 e. The number of alkyl halides is 3. The van der Waals surface area contributed by atoms with Crippen LogP contribution in [0.2, 0.25) is 10.0 Å². The molecular formula is C22H27Cl2F3N4O2. The van der Waals surface area contributed by atoms with Crippen molar-refractivity contribution in [1.82, 2.24) is 15.1 Å². The minimum absolute atomic E-state index is 0. The van der Waals surface area contributed by atoms with Gasteiger partial charge < -0.3 is 15.7 Å². The van der Waals surface area contributed by atoms with Crippen LogP contribution < -0.4 is 10.6 Å². The Bertz CT molecular complexity index is 1050. The highest BCUT2D eigenvalue weighted by Crippen LogP contribution is 2.40. The molecule has 3 atom stereocenters. The summed E-state index contributed by atoms with van der Waals surface area (Å²) in [6, 6.07) is 3.97. The molecule has 182 valence electrons. The highest BCUT2D eigenvalue weighted by Gasteiger charge is 2.40. The number of aliphatic hydroxyl groups excluding tert-OH is 1. The summed E-state index contributed by atoms with van der Waals surface area (Å²) in [6.45, 7) is 5.14. The Hall–Kier alpha value is -2.23. The number of nitrogens with one attached hydrogen (secondary N) is 2. The Labute approximate surface area is 200 Å². The molecule has 1 aliphatic heterocycles. The molecule has 0 spiro atoms. The van der Waals surface area contributed by atoms with E-state index >= 15 is 0 Å². The summed E-state index contributed by atoms with van der Waals surface area (Å²) in [7, 11) is 0. The van der Waals surface area contributed by atoms with Crippen molar-refractivity contribution in [1.29, 1.82) is 0 Å². The standard InChI is InChI=1S/C21H23Cl2F3N4O2.CH4/c1-4-10(2)15(9-31)28-20(32)18-11(3)27-17-8-16(21(24,25)26)29-30(17)19(18)12-5-6-13(22)14(23)7-12;/h5-8,10,15,19,27,31H,4,9H2,1-3H3,(H,28,32);1H4/t10-,15?,19?;/m0./s1. The number of amides is 1. The fourth-order valence-corrected chi connectivity index (χ4v) is 3.90. The Morgan fingerprint density at radius 1 is 1.30 bits per heavy atom. The van der Waals surface area contributed by atoms with Gasteiger partial charge in [-0.3, -0.25) is 4.79 Å². The van der Waals surface area contributed by atoms with Crippen molar-refractivity contribution in [3.63, 3.8) is 0 Å². The lowest BCUT2D eigenvalue weighted by Gasteiger charge is -2.31. The SMILES string of the molecule is C.CC[C@H](C)C(CO)NC(=O)C1=C(C)Nc2cc(C(F)(F)F)nn2C1c1ccc(Cl)c(Cl)c1. The topological polar surface area (TPSA) is 79.2 Å².